The molecule has 2 atom stereocenters. The van der Waals surface area contributed by atoms with Gasteiger partial charge >= 0.3 is 0 Å². The number of carbonyl (C=O) groups is 1. The minimum Gasteiger partial charge on any atom is -0.390 e. The molecule has 1 N–H and O–H groups in total. The smallest absolute Gasteiger partial charge is 0.137 e. The van der Waals surface area contributed by atoms with E-state index in [1.807, 2.05) is 6.92 Å². The molecule has 2 aliphatic rings. The Morgan fingerprint density at radius 2 is 2.19 bits per heavy atom. The van der Waals surface area contributed by atoms with Crippen LogP contribution in [0.2, 0.25) is 0 Å². The summed E-state index contributed by atoms with van der Waals surface area (Å²) in [5.41, 5.74) is -0.492. The Hall–Kier alpha value is -0.410. The summed E-state index contributed by atoms with van der Waals surface area (Å²) in [5.74, 6) is 0.735. The van der Waals surface area contributed by atoms with Crippen LogP contribution in [0.5, 0.6) is 0 Å². The van der Waals surface area contributed by atoms with Crippen LogP contribution in [0.1, 0.15) is 45.4 Å². The Balaban J connectivity index is 1.84. The summed E-state index contributed by atoms with van der Waals surface area (Å²) in [5, 5.41) is 9.99. The Morgan fingerprint density at radius 1 is 1.38 bits per heavy atom. The van der Waals surface area contributed by atoms with E-state index in [4.69, 9.17) is 0 Å². The Bertz CT molecular complexity index is 263. The first-order chi connectivity index (χ1) is 7.57. The van der Waals surface area contributed by atoms with Crippen LogP contribution in [0, 0.1) is 5.92 Å². The molecule has 92 valence electrons. The van der Waals surface area contributed by atoms with Crippen molar-refractivity contribution in [2.45, 2.75) is 51.0 Å². The maximum absolute atomic E-state index is 11.6. The van der Waals surface area contributed by atoms with Crippen molar-refractivity contribution in [3.63, 3.8) is 0 Å². The molecule has 2 unspecified atom stereocenters. The molecule has 0 aromatic carbocycles. The molecule has 0 aromatic heterocycles. The van der Waals surface area contributed by atoms with Crippen LogP contribution in [-0.2, 0) is 4.79 Å². The average Bonchev–Trinajstić information content (AvgIpc) is 2.52. The van der Waals surface area contributed by atoms with Crippen molar-refractivity contribution in [3.8, 4) is 0 Å². The highest BCUT2D eigenvalue weighted by Gasteiger charge is 2.29. The molecule has 0 aromatic rings. The maximum Gasteiger partial charge on any atom is 0.137 e. The van der Waals surface area contributed by atoms with Gasteiger partial charge in [-0.25, -0.2) is 0 Å². The van der Waals surface area contributed by atoms with Gasteiger partial charge in [-0.15, -0.1) is 0 Å². The number of ketones is 1. The van der Waals surface area contributed by atoms with Crippen LogP contribution < -0.4 is 0 Å². The van der Waals surface area contributed by atoms with Gasteiger partial charge in [-0.05, 0) is 45.6 Å². The predicted octanol–water partition coefficient (Wildman–Crippen LogP) is 1.59. The molecular formula is C13H23NO2. The molecule has 3 heteroatoms. The van der Waals surface area contributed by atoms with Gasteiger partial charge in [0.1, 0.15) is 5.78 Å². The van der Waals surface area contributed by atoms with Crippen LogP contribution in [-0.4, -0.2) is 41.0 Å². The molecule has 1 aliphatic heterocycles. The average molecular weight is 225 g/mol. The molecule has 2 fully saturated rings. The first kappa shape index (κ1) is 12.1. The van der Waals surface area contributed by atoms with E-state index in [0.717, 1.165) is 58.2 Å². The van der Waals surface area contributed by atoms with Crippen molar-refractivity contribution in [2.24, 2.45) is 5.92 Å². The van der Waals surface area contributed by atoms with Gasteiger partial charge in [-0.1, -0.05) is 0 Å². The van der Waals surface area contributed by atoms with Gasteiger partial charge in [0.25, 0.3) is 0 Å². The normalized spacial score (nSPS) is 37.6. The van der Waals surface area contributed by atoms with Crippen molar-refractivity contribution < 1.29 is 9.90 Å². The summed E-state index contributed by atoms with van der Waals surface area (Å²) in [6, 6.07) is 0. The monoisotopic (exact) mass is 225 g/mol. The zero-order valence-electron chi connectivity index (χ0n) is 10.2. The lowest BCUT2D eigenvalue weighted by Crippen LogP contribution is -2.33. The molecule has 0 amide bonds. The molecule has 1 saturated heterocycles. The third-order valence-corrected chi connectivity index (χ3v) is 4.07. The van der Waals surface area contributed by atoms with E-state index in [2.05, 4.69) is 4.90 Å². The molecule has 0 spiro atoms. The minimum absolute atomic E-state index is 0.281. The van der Waals surface area contributed by atoms with Gasteiger partial charge in [0.2, 0.25) is 0 Å². The van der Waals surface area contributed by atoms with Crippen molar-refractivity contribution in [1.82, 2.24) is 4.90 Å². The molecule has 0 bridgehead atoms. The van der Waals surface area contributed by atoms with Gasteiger partial charge in [0.15, 0.2) is 0 Å². The first-order valence-corrected chi connectivity index (χ1v) is 6.54. The van der Waals surface area contributed by atoms with Crippen molar-refractivity contribution >= 4 is 5.78 Å². The summed E-state index contributed by atoms with van der Waals surface area (Å²) >= 11 is 0. The number of hydrogen-bond donors (Lipinski definition) is 1. The van der Waals surface area contributed by atoms with Crippen molar-refractivity contribution in [3.05, 3.63) is 0 Å². The second kappa shape index (κ2) is 4.84. The number of Topliss-reactive ketones (excluding diaryl/α,β-unsaturated/α-hetero) is 1. The van der Waals surface area contributed by atoms with E-state index in [0.29, 0.717) is 5.78 Å². The van der Waals surface area contributed by atoms with Gasteiger partial charge in [-0.3, -0.25) is 4.79 Å². The molecule has 1 aliphatic carbocycles. The highest BCUT2D eigenvalue weighted by molar-refractivity contribution is 5.83. The number of carbonyl (C=O) groups excluding carboxylic acids is 1. The lowest BCUT2D eigenvalue weighted by atomic mass is 9.98. The molecule has 3 nitrogen and oxygen atoms in total. The third kappa shape index (κ3) is 3.05. The summed E-state index contributed by atoms with van der Waals surface area (Å²) in [7, 11) is 0. The van der Waals surface area contributed by atoms with Crippen LogP contribution in [0.25, 0.3) is 0 Å². The predicted molar refractivity (Wildman–Crippen MR) is 63.3 cm³/mol. The molecule has 0 radical (unpaired) electrons. The number of rotatable bonds is 2. The Morgan fingerprint density at radius 3 is 2.88 bits per heavy atom. The fraction of sp³-hybridized carbons (Fsp3) is 0.923. The first-order valence-electron chi connectivity index (χ1n) is 6.54. The Kier molecular flexibility index (Phi) is 3.65. The zero-order chi connectivity index (χ0) is 11.6. The number of hydrogen-bond acceptors (Lipinski definition) is 3. The molecule has 16 heavy (non-hydrogen) atoms. The van der Waals surface area contributed by atoms with Crippen molar-refractivity contribution in [1.29, 1.82) is 0 Å². The van der Waals surface area contributed by atoms with E-state index in [1.54, 1.807) is 0 Å². The van der Waals surface area contributed by atoms with Gasteiger partial charge < -0.3 is 10.0 Å². The highest BCUT2D eigenvalue weighted by atomic mass is 16.3. The molecule has 1 heterocycles. The third-order valence-electron chi connectivity index (χ3n) is 4.07. The summed E-state index contributed by atoms with van der Waals surface area (Å²) in [4.78, 5) is 14.0. The van der Waals surface area contributed by atoms with E-state index < -0.39 is 5.60 Å². The fourth-order valence-corrected chi connectivity index (χ4v) is 2.89. The largest absolute Gasteiger partial charge is 0.390 e. The molecule has 2 rings (SSSR count). The van der Waals surface area contributed by atoms with E-state index in [-0.39, 0.29) is 5.92 Å². The summed E-state index contributed by atoms with van der Waals surface area (Å²) in [6.45, 7) is 4.84. The number of aliphatic hydroxyl groups is 1. The quantitative estimate of drug-likeness (QED) is 0.776. The second-order valence-electron chi connectivity index (χ2n) is 5.71. The summed E-state index contributed by atoms with van der Waals surface area (Å²) in [6.07, 6.45) is 5.72. The molecular weight excluding hydrogens is 202 g/mol. The van der Waals surface area contributed by atoms with Crippen LogP contribution in [0.3, 0.4) is 0 Å². The van der Waals surface area contributed by atoms with Gasteiger partial charge in [-0.2, -0.15) is 0 Å². The molecule has 1 saturated carbocycles. The van der Waals surface area contributed by atoms with Gasteiger partial charge in [0.05, 0.1) is 5.60 Å². The zero-order valence-corrected chi connectivity index (χ0v) is 10.2. The van der Waals surface area contributed by atoms with E-state index in [9.17, 15) is 9.90 Å². The maximum atomic E-state index is 11.6. The minimum atomic E-state index is -0.492. The SMILES string of the molecule is CC1(O)CCCN(CC2CCCC2=O)CC1. The Labute approximate surface area is 97.8 Å². The standard InChI is InChI=1S/C13H23NO2/c1-13(16)6-3-8-14(9-7-13)10-11-4-2-5-12(11)15/h11,16H,2-10H2,1H3. The van der Waals surface area contributed by atoms with Gasteiger partial charge in [0, 0.05) is 25.4 Å². The lowest BCUT2D eigenvalue weighted by Gasteiger charge is -2.24. The van der Waals surface area contributed by atoms with E-state index in [1.165, 1.54) is 0 Å². The number of nitrogens with zero attached hydrogens (tertiary/aromatic N) is 1. The second-order valence-corrected chi connectivity index (χ2v) is 5.71. The topological polar surface area (TPSA) is 40.5 Å². The summed E-state index contributed by atoms with van der Waals surface area (Å²) < 4.78 is 0. The van der Waals surface area contributed by atoms with Crippen molar-refractivity contribution in [2.75, 3.05) is 19.6 Å². The fourth-order valence-electron chi connectivity index (χ4n) is 2.89. The van der Waals surface area contributed by atoms with Crippen LogP contribution in [0.15, 0.2) is 0 Å². The van der Waals surface area contributed by atoms with Crippen LogP contribution in [0.4, 0.5) is 0 Å². The van der Waals surface area contributed by atoms with Crippen LogP contribution >= 0.6 is 0 Å². The highest BCUT2D eigenvalue weighted by Crippen LogP contribution is 2.25. The number of likely N-dealkylation sites (tertiary alicyclic amines) is 1. The lowest BCUT2D eigenvalue weighted by molar-refractivity contribution is -0.121. The van der Waals surface area contributed by atoms with E-state index >= 15 is 0 Å².